The lowest BCUT2D eigenvalue weighted by Gasteiger charge is -2.25. The zero-order valence-electron chi connectivity index (χ0n) is 19.0. The fraction of sp³-hybridized carbons (Fsp3) is 0.480. The summed E-state index contributed by atoms with van der Waals surface area (Å²) in [5.41, 5.74) is 6.77. The van der Waals surface area contributed by atoms with Crippen molar-refractivity contribution in [3.63, 3.8) is 0 Å². The van der Waals surface area contributed by atoms with Gasteiger partial charge in [-0.1, -0.05) is 12.1 Å². The van der Waals surface area contributed by atoms with Gasteiger partial charge in [-0.05, 0) is 56.7 Å². The van der Waals surface area contributed by atoms with E-state index in [1.807, 2.05) is 41.6 Å². The highest BCUT2D eigenvalue weighted by Crippen LogP contribution is 2.26. The summed E-state index contributed by atoms with van der Waals surface area (Å²) in [6.07, 6.45) is 5.94. The van der Waals surface area contributed by atoms with Crippen LogP contribution in [0, 0.1) is 6.92 Å². The van der Waals surface area contributed by atoms with Crippen LogP contribution in [-0.2, 0) is 30.5 Å². The summed E-state index contributed by atoms with van der Waals surface area (Å²) in [6.45, 7) is 4.49. The highest BCUT2D eigenvalue weighted by molar-refractivity contribution is 7.09. The van der Waals surface area contributed by atoms with Crippen molar-refractivity contribution < 1.29 is 14.3 Å². The summed E-state index contributed by atoms with van der Waals surface area (Å²) in [5, 5.41) is 7.45. The molecule has 3 heterocycles. The van der Waals surface area contributed by atoms with Gasteiger partial charge in [-0.2, -0.15) is 5.10 Å². The van der Waals surface area contributed by atoms with E-state index in [9.17, 15) is 4.79 Å². The van der Waals surface area contributed by atoms with E-state index >= 15 is 0 Å². The average Bonchev–Trinajstić information content (AvgIpc) is 3.60. The molecule has 174 valence electrons. The molecule has 8 heteroatoms. The summed E-state index contributed by atoms with van der Waals surface area (Å²) < 4.78 is 11.9. The Kier molecular flexibility index (Phi) is 6.73. The first-order valence-corrected chi connectivity index (χ1v) is 12.6. The van der Waals surface area contributed by atoms with Gasteiger partial charge in [-0.3, -0.25) is 9.89 Å². The van der Waals surface area contributed by atoms with Crippen molar-refractivity contribution >= 4 is 17.2 Å². The summed E-state index contributed by atoms with van der Waals surface area (Å²) in [6, 6.07) is 8.04. The van der Waals surface area contributed by atoms with Crippen LogP contribution < -0.4 is 4.74 Å². The number of nitrogens with zero attached hydrogens (tertiary/aromatic N) is 3. The Morgan fingerprint density at radius 3 is 3.09 bits per heavy atom. The number of nitrogens with one attached hydrogen (secondary N) is 1. The molecule has 0 bridgehead atoms. The molecule has 1 atom stereocenters. The minimum absolute atomic E-state index is 0.0168. The van der Waals surface area contributed by atoms with Crippen molar-refractivity contribution in [1.82, 2.24) is 20.1 Å². The number of benzene rings is 1. The van der Waals surface area contributed by atoms with Crippen LogP contribution in [0.15, 0.2) is 29.8 Å². The van der Waals surface area contributed by atoms with Gasteiger partial charge < -0.3 is 14.4 Å². The molecule has 2 aromatic heterocycles. The topological polar surface area (TPSA) is 80.3 Å². The van der Waals surface area contributed by atoms with Crippen LogP contribution in [0.4, 0.5) is 0 Å². The Bertz CT molecular complexity index is 1100. The lowest BCUT2D eigenvalue weighted by Crippen LogP contribution is -2.37. The molecule has 1 aliphatic heterocycles. The van der Waals surface area contributed by atoms with Crippen molar-refractivity contribution in [2.45, 2.75) is 58.1 Å². The smallest absolute Gasteiger partial charge is 0.275 e. The summed E-state index contributed by atoms with van der Waals surface area (Å²) in [4.78, 5) is 21.0. The van der Waals surface area contributed by atoms with Crippen LogP contribution in [0.2, 0.25) is 0 Å². The standard InChI is InChI=1S/C25H30N4O3S/c1-17-23(33-16-26-17)10-12-32-19-6-2-5-18(13-19)14-29(15-20-7-4-11-31-20)25(30)24-21-8-3-9-22(21)27-28-24/h2,5-6,13,16,20H,3-4,7-12,14-15H2,1H3,(H,27,28). The van der Waals surface area contributed by atoms with E-state index in [2.05, 4.69) is 15.2 Å². The number of rotatable bonds is 9. The third-order valence-corrected chi connectivity index (χ3v) is 7.45. The molecular weight excluding hydrogens is 436 g/mol. The number of aromatic nitrogens is 3. The SMILES string of the molecule is Cc1ncsc1CCOc1cccc(CN(CC2CCCO2)C(=O)c2n[nH]c3c2CCC3)c1. The molecule has 0 saturated carbocycles. The number of carbonyl (C=O) groups is 1. The van der Waals surface area contributed by atoms with Gasteiger partial charge in [0.15, 0.2) is 5.69 Å². The summed E-state index contributed by atoms with van der Waals surface area (Å²) in [5.74, 6) is 0.803. The van der Waals surface area contributed by atoms with Crippen LogP contribution in [-0.4, -0.2) is 51.9 Å². The van der Waals surface area contributed by atoms with Gasteiger partial charge in [0.1, 0.15) is 5.75 Å². The fourth-order valence-electron chi connectivity index (χ4n) is 4.68. The van der Waals surface area contributed by atoms with Crippen LogP contribution in [0.25, 0.3) is 0 Å². The zero-order chi connectivity index (χ0) is 22.6. The molecule has 1 saturated heterocycles. The molecule has 0 radical (unpaired) electrons. The molecule has 1 unspecified atom stereocenters. The molecule has 7 nitrogen and oxygen atoms in total. The lowest BCUT2D eigenvalue weighted by atomic mass is 10.1. The molecule has 5 rings (SSSR count). The maximum Gasteiger partial charge on any atom is 0.275 e. The lowest BCUT2D eigenvalue weighted by molar-refractivity contribution is 0.0502. The van der Waals surface area contributed by atoms with E-state index in [0.717, 1.165) is 73.4 Å². The molecule has 0 spiro atoms. The number of thiazole rings is 1. The Hall–Kier alpha value is -2.71. The fourth-order valence-corrected chi connectivity index (χ4v) is 5.44. The van der Waals surface area contributed by atoms with Crippen LogP contribution in [0.1, 0.15) is 57.1 Å². The predicted octanol–water partition coefficient (Wildman–Crippen LogP) is 4.11. The minimum Gasteiger partial charge on any atom is -0.493 e. The van der Waals surface area contributed by atoms with Gasteiger partial charge >= 0.3 is 0 Å². The second kappa shape index (κ2) is 10.1. The van der Waals surface area contributed by atoms with Gasteiger partial charge in [-0.15, -0.1) is 11.3 Å². The highest BCUT2D eigenvalue weighted by Gasteiger charge is 2.29. The van der Waals surface area contributed by atoms with Gasteiger partial charge in [0, 0.05) is 42.3 Å². The van der Waals surface area contributed by atoms with E-state index in [1.54, 1.807) is 11.3 Å². The summed E-state index contributed by atoms with van der Waals surface area (Å²) in [7, 11) is 0. The Morgan fingerprint density at radius 1 is 1.33 bits per heavy atom. The van der Waals surface area contributed by atoms with E-state index in [0.29, 0.717) is 25.4 Å². The third-order valence-electron chi connectivity index (χ3n) is 6.46. The Labute approximate surface area is 198 Å². The minimum atomic E-state index is -0.0168. The molecule has 3 aromatic rings. The van der Waals surface area contributed by atoms with Crippen LogP contribution in [0.5, 0.6) is 5.75 Å². The Balaban J connectivity index is 1.28. The number of fused-ring (bicyclic) bond motifs is 1. The maximum atomic E-state index is 13.5. The van der Waals surface area contributed by atoms with Gasteiger partial charge in [0.2, 0.25) is 0 Å². The van der Waals surface area contributed by atoms with Gasteiger partial charge in [0.05, 0.1) is 23.9 Å². The molecule has 33 heavy (non-hydrogen) atoms. The summed E-state index contributed by atoms with van der Waals surface area (Å²) >= 11 is 1.67. The number of aromatic amines is 1. The molecule has 2 aliphatic rings. The number of hydrogen-bond acceptors (Lipinski definition) is 6. The molecule has 1 N–H and O–H groups in total. The number of carbonyl (C=O) groups excluding carboxylic acids is 1. The molecule has 1 fully saturated rings. The highest BCUT2D eigenvalue weighted by atomic mass is 32.1. The first-order chi connectivity index (χ1) is 16.2. The van der Waals surface area contributed by atoms with E-state index < -0.39 is 0 Å². The maximum absolute atomic E-state index is 13.5. The monoisotopic (exact) mass is 466 g/mol. The van der Waals surface area contributed by atoms with Crippen molar-refractivity contribution in [3.8, 4) is 5.75 Å². The molecule has 1 aliphatic carbocycles. The first-order valence-electron chi connectivity index (χ1n) is 11.7. The van der Waals surface area contributed by atoms with E-state index in [-0.39, 0.29) is 12.0 Å². The average molecular weight is 467 g/mol. The predicted molar refractivity (Wildman–Crippen MR) is 127 cm³/mol. The molecule has 1 amide bonds. The first kappa shape index (κ1) is 22.1. The molecular formula is C25H30N4O3S. The number of H-pyrrole nitrogens is 1. The molecule has 1 aromatic carbocycles. The van der Waals surface area contributed by atoms with Crippen LogP contribution in [0.3, 0.4) is 0 Å². The number of hydrogen-bond donors (Lipinski definition) is 1. The van der Waals surface area contributed by atoms with Crippen molar-refractivity contribution in [3.05, 3.63) is 62.9 Å². The van der Waals surface area contributed by atoms with E-state index in [4.69, 9.17) is 9.47 Å². The second-order valence-corrected chi connectivity index (χ2v) is 9.75. The number of aryl methyl sites for hydroxylation is 2. The quantitative estimate of drug-likeness (QED) is 0.513. The van der Waals surface area contributed by atoms with Crippen molar-refractivity contribution in [2.24, 2.45) is 0 Å². The second-order valence-electron chi connectivity index (χ2n) is 8.81. The largest absolute Gasteiger partial charge is 0.493 e. The third kappa shape index (κ3) is 5.12. The van der Waals surface area contributed by atoms with Crippen molar-refractivity contribution in [2.75, 3.05) is 19.8 Å². The van der Waals surface area contributed by atoms with Crippen LogP contribution >= 0.6 is 11.3 Å². The van der Waals surface area contributed by atoms with Crippen molar-refractivity contribution in [1.29, 1.82) is 0 Å². The Morgan fingerprint density at radius 2 is 2.27 bits per heavy atom. The normalized spacial score (nSPS) is 17.3. The number of amides is 1. The number of ether oxygens (including phenoxy) is 2. The van der Waals surface area contributed by atoms with Gasteiger partial charge in [0.25, 0.3) is 5.91 Å². The van der Waals surface area contributed by atoms with Gasteiger partial charge in [-0.25, -0.2) is 4.98 Å². The zero-order valence-corrected chi connectivity index (χ0v) is 19.8. The van der Waals surface area contributed by atoms with E-state index in [1.165, 1.54) is 4.88 Å².